The van der Waals surface area contributed by atoms with E-state index in [-0.39, 0.29) is 5.91 Å². The maximum Gasteiger partial charge on any atom is 0.221 e. The molecular formula is C16H18N2O. The quantitative estimate of drug-likeness (QED) is 0.867. The molecule has 2 aromatic carbocycles. The molecule has 0 aromatic heterocycles. The molecule has 2 N–H and O–H groups in total. The van der Waals surface area contributed by atoms with Crippen molar-refractivity contribution < 1.29 is 4.79 Å². The Morgan fingerprint density at radius 1 is 1.00 bits per heavy atom. The normalized spacial score (nSPS) is 10.0. The second-order valence-electron chi connectivity index (χ2n) is 4.40. The summed E-state index contributed by atoms with van der Waals surface area (Å²) in [5.74, 6) is -0.0735. The number of hydrogen-bond donors (Lipinski definition) is 2. The molecular weight excluding hydrogens is 236 g/mol. The zero-order valence-electron chi connectivity index (χ0n) is 11.2. The molecule has 3 heteroatoms. The van der Waals surface area contributed by atoms with Gasteiger partial charge in [0.1, 0.15) is 0 Å². The summed E-state index contributed by atoms with van der Waals surface area (Å²) in [4.78, 5) is 11.2. The van der Waals surface area contributed by atoms with Gasteiger partial charge in [0.2, 0.25) is 5.91 Å². The van der Waals surface area contributed by atoms with Gasteiger partial charge >= 0.3 is 0 Å². The van der Waals surface area contributed by atoms with E-state index in [1.165, 1.54) is 12.5 Å². The fraction of sp³-hybridized carbons (Fsp3) is 0.188. The molecule has 0 bridgehead atoms. The first-order chi connectivity index (χ1) is 9.19. The Hall–Kier alpha value is -2.29. The van der Waals surface area contributed by atoms with Crippen molar-refractivity contribution in [2.45, 2.75) is 20.3 Å². The number of amides is 1. The van der Waals surface area contributed by atoms with Crippen LogP contribution in [0.15, 0.2) is 48.5 Å². The van der Waals surface area contributed by atoms with E-state index in [1.807, 2.05) is 36.4 Å². The minimum atomic E-state index is -0.0735. The van der Waals surface area contributed by atoms with Gasteiger partial charge in [0, 0.05) is 12.6 Å². The zero-order valence-corrected chi connectivity index (χ0v) is 11.2. The Kier molecular flexibility index (Phi) is 4.18. The van der Waals surface area contributed by atoms with Gasteiger partial charge in [-0.1, -0.05) is 31.2 Å². The van der Waals surface area contributed by atoms with Gasteiger partial charge in [-0.15, -0.1) is 0 Å². The van der Waals surface area contributed by atoms with Crippen molar-refractivity contribution >= 4 is 23.0 Å². The number of hydrogen-bond acceptors (Lipinski definition) is 2. The average Bonchev–Trinajstić information content (AvgIpc) is 2.41. The van der Waals surface area contributed by atoms with Crippen molar-refractivity contribution in [3.8, 4) is 0 Å². The highest BCUT2D eigenvalue weighted by Gasteiger charge is 2.03. The lowest BCUT2D eigenvalue weighted by atomic mass is 10.1. The lowest BCUT2D eigenvalue weighted by Gasteiger charge is -2.12. The molecule has 0 aliphatic rings. The van der Waals surface area contributed by atoms with E-state index in [1.54, 1.807) is 0 Å². The van der Waals surface area contributed by atoms with E-state index in [4.69, 9.17) is 0 Å². The fourth-order valence-corrected chi connectivity index (χ4v) is 1.87. The molecule has 0 saturated carbocycles. The van der Waals surface area contributed by atoms with Gasteiger partial charge in [-0.3, -0.25) is 4.79 Å². The van der Waals surface area contributed by atoms with E-state index >= 15 is 0 Å². The van der Waals surface area contributed by atoms with Gasteiger partial charge in [-0.2, -0.15) is 0 Å². The van der Waals surface area contributed by atoms with Crippen LogP contribution in [0, 0.1) is 0 Å². The van der Waals surface area contributed by atoms with Crippen LogP contribution in [0.3, 0.4) is 0 Å². The van der Waals surface area contributed by atoms with Crippen molar-refractivity contribution in [2.24, 2.45) is 0 Å². The number of carbonyl (C=O) groups is 1. The average molecular weight is 254 g/mol. The first kappa shape index (κ1) is 13.1. The molecule has 0 radical (unpaired) electrons. The van der Waals surface area contributed by atoms with Gasteiger partial charge in [0.15, 0.2) is 0 Å². The van der Waals surface area contributed by atoms with Crippen molar-refractivity contribution in [1.82, 2.24) is 0 Å². The molecule has 0 fully saturated rings. The summed E-state index contributed by atoms with van der Waals surface area (Å²) < 4.78 is 0. The standard InChI is InChI=1S/C16H18N2O/c1-3-13-8-10-14(11-9-13)18-16-7-5-4-6-15(16)17-12(2)19/h4-11,18H,3H2,1-2H3,(H,17,19). The molecule has 0 heterocycles. The summed E-state index contributed by atoms with van der Waals surface area (Å²) in [6.07, 6.45) is 1.03. The summed E-state index contributed by atoms with van der Waals surface area (Å²) >= 11 is 0. The molecule has 3 nitrogen and oxygen atoms in total. The smallest absolute Gasteiger partial charge is 0.221 e. The van der Waals surface area contributed by atoms with Crippen molar-refractivity contribution in [3.05, 3.63) is 54.1 Å². The number of nitrogens with one attached hydrogen (secondary N) is 2. The summed E-state index contributed by atoms with van der Waals surface area (Å²) in [5, 5.41) is 6.13. The predicted octanol–water partition coefficient (Wildman–Crippen LogP) is 3.95. The van der Waals surface area contributed by atoms with Crippen molar-refractivity contribution in [3.63, 3.8) is 0 Å². The molecule has 19 heavy (non-hydrogen) atoms. The summed E-state index contributed by atoms with van der Waals surface area (Å²) in [6.45, 7) is 3.64. The molecule has 0 spiro atoms. The van der Waals surface area contributed by atoms with Crippen LogP contribution in [-0.4, -0.2) is 5.91 Å². The predicted molar refractivity (Wildman–Crippen MR) is 79.8 cm³/mol. The zero-order chi connectivity index (χ0) is 13.7. The Balaban J connectivity index is 2.19. The van der Waals surface area contributed by atoms with E-state index in [0.717, 1.165) is 23.5 Å². The number of rotatable bonds is 4. The highest BCUT2D eigenvalue weighted by molar-refractivity contribution is 5.93. The number of para-hydroxylation sites is 2. The molecule has 2 aromatic rings. The largest absolute Gasteiger partial charge is 0.354 e. The second kappa shape index (κ2) is 6.05. The van der Waals surface area contributed by atoms with Gasteiger partial charge in [-0.05, 0) is 36.2 Å². The molecule has 0 aliphatic carbocycles. The maximum absolute atomic E-state index is 11.2. The number of carbonyl (C=O) groups excluding carboxylic acids is 1. The van der Waals surface area contributed by atoms with E-state index < -0.39 is 0 Å². The van der Waals surface area contributed by atoms with E-state index in [9.17, 15) is 4.79 Å². The lowest BCUT2D eigenvalue weighted by molar-refractivity contribution is -0.114. The van der Waals surface area contributed by atoms with Crippen LogP contribution in [0.1, 0.15) is 19.4 Å². The number of benzene rings is 2. The van der Waals surface area contributed by atoms with Gasteiger partial charge in [0.05, 0.1) is 11.4 Å². The highest BCUT2D eigenvalue weighted by Crippen LogP contribution is 2.25. The van der Waals surface area contributed by atoms with E-state index in [2.05, 4.69) is 29.7 Å². The first-order valence-electron chi connectivity index (χ1n) is 6.41. The maximum atomic E-state index is 11.2. The third-order valence-electron chi connectivity index (χ3n) is 2.88. The van der Waals surface area contributed by atoms with Crippen LogP contribution in [0.5, 0.6) is 0 Å². The van der Waals surface area contributed by atoms with Crippen LogP contribution >= 0.6 is 0 Å². The molecule has 1 amide bonds. The Morgan fingerprint density at radius 2 is 1.63 bits per heavy atom. The third-order valence-corrected chi connectivity index (χ3v) is 2.88. The van der Waals surface area contributed by atoms with Crippen LogP contribution in [0.2, 0.25) is 0 Å². The van der Waals surface area contributed by atoms with Crippen molar-refractivity contribution in [2.75, 3.05) is 10.6 Å². The molecule has 0 saturated heterocycles. The third kappa shape index (κ3) is 3.58. The number of anilines is 3. The summed E-state index contributed by atoms with van der Waals surface area (Å²) in [5.41, 5.74) is 3.99. The SMILES string of the molecule is CCc1ccc(Nc2ccccc2NC(C)=O)cc1. The Bertz CT molecular complexity index is 561. The monoisotopic (exact) mass is 254 g/mol. The highest BCUT2D eigenvalue weighted by atomic mass is 16.1. The van der Waals surface area contributed by atoms with Gasteiger partial charge in [0.25, 0.3) is 0 Å². The van der Waals surface area contributed by atoms with E-state index in [0.29, 0.717) is 0 Å². The van der Waals surface area contributed by atoms with Gasteiger partial charge < -0.3 is 10.6 Å². The Morgan fingerprint density at radius 3 is 2.21 bits per heavy atom. The fourth-order valence-electron chi connectivity index (χ4n) is 1.87. The van der Waals surface area contributed by atoms with Crippen LogP contribution in [-0.2, 0) is 11.2 Å². The minimum absolute atomic E-state index is 0.0735. The molecule has 0 unspecified atom stereocenters. The molecule has 2 rings (SSSR count). The minimum Gasteiger partial charge on any atom is -0.354 e. The van der Waals surface area contributed by atoms with Crippen molar-refractivity contribution in [1.29, 1.82) is 0 Å². The molecule has 0 atom stereocenters. The molecule has 0 aliphatic heterocycles. The van der Waals surface area contributed by atoms with Crippen LogP contribution in [0.4, 0.5) is 17.1 Å². The summed E-state index contributed by atoms with van der Waals surface area (Å²) in [7, 11) is 0. The first-order valence-corrected chi connectivity index (χ1v) is 6.41. The Labute approximate surface area is 113 Å². The lowest BCUT2D eigenvalue weighted by Crippen LogP contribution is -2.07. The topological polar surface area (TPSA) is 41.1 Å². The summed E-state index contributed by atoms with van der Waals surface area (Å²) in [6, 6.07) is 16.0. The van der Waals surface area contributed by atoms with Crippen LogP contribution in [0.25, 0.3) is 0 Å². The molecule has 98 valence electrons. The number of aryl methyl sites for hydroxylation is 1. The van der Waals surface area contributed by atoms with Crippen LogP contribution < -0.4 is 10.6 Å². The van der Waals surface area contributed by atoms with Gasteiger partial charge in [-0.25, -0.2) is 0 Å². The second-order valence-corrected chi connectivity index (χ2v) is 4.40.